The van der Waals surface area contributed by atoms with Gasteiger partial charge in [0.15, 0.2) is 0 Å². The van der Waals surface area contributed by atoms with Crippen LogP contribution in [0.4, 0.5) is 5.82 Å². The molecule has 174 valence electrons. The number of rotatable bonds is 6. The number of aromatic nitrogens is 5. The van der Waals surface area contributed by atoms with Crippen LogP contribution in [0.2, 0.25) is 0 Å². The summed E-state index contributed by atoms with van der Waals surface area (Å²) in [5.74, 6) is 0.0302. The largest absolute Gasteiger partial charge is 0.383 e. The Bertz CT molecular complexity index is 1550. The molecule has 4 N–H and O–H groups in total. The highest BCUT2D eigenvalue weighted by molar-refractivity contribution is 5.92. The number of hydrogen-bond donors (Lipinski definition) is 2. The molecule has 3 aromatic heterocycles. The molecule has 1 amide bonds. The Morgan fingerprint density at radius 1 is 0.943 bits per heavy atom. The van der Waals surface area contributed by atoms with Gasteiger partial charge >= 0.3 is 0 Å². The number of nitrogens with zero attached hydrogens (tertiary/aromatic N) is 5. The third-order valence-electron chi connectivity index (χ3n) is 6.05. The van der Waals surface area contributed by atoms with Crippen LogP contribution in [0.25, 0.3) is 44.4 Å². The predicted molar refractivity (Wildman–Crippen MR) is 137 cm³/mol. The van der Waals surface area contributed by atoms with E-state index in [0.717, 1.165) is 50.1 Å². The Labute approximate surface area is 202 Å². The molecule has 0 bridgehead atoms. The summed E-state index contributed by atoms with van der Waals surface area (Å²) in [6, 6.07) is 16.4. The summed E-state index contributed by atoms with van der Waals surface area (Å²) in [4.78, 5) is 24.7. The Kier molecular flexibility index (Phi) is 5.70. The van der Waals surface area contributed by atoms with Crippen LogP contribution in [0.3, 0.4) is 0 Å². The summed E-state index contributed by atoms with van der Waals surface area (Å²) < 4.78 is 1.68. The number of carbonyl (C=O) groups is 1. The molecule has 0 unspecified atom stereocenters. The maximum absolute atomic E-state index is 11.2. The van der Waals surface area contributed by atoms with Crippen molar-refractivity contribution in [2.24, 2.45) is 5.73 Å². The van der Waals surface area contributed by atoms with Crippen molar-refractivity contribution in [1.82, 2.24) is 24.7 Å². The number of anilines is 1. The summed E-state index contributed by atoms with van der Waals surface area (Å²) in [7, 11) is 0. The Hall–Kier alpha value is -4.59. The van der Waals surface area contributed by atoms with Crippen molar-refractivity contribution in [2.75, 3.05) is 5.73 Å². The van der Waals surface area contributed by atoms with E-state index in [0.29, 0.717) is 12.4 Å². The highest BCUT2D eigenvalue weighted by Crippen LogP contribution is 2.38. The fraction of sp³-hybridized carbons (Fsp3) is 0.148. The quantitative estimate of drug-likeness (QED) is 0.387. The predicted octanol–water partition coefficient (Wildman–Crippen LogP) is 4.30. The van der Waals surface area contributed by atoms with Crippen molar-refractivity contribution >= 4 is 22.6 Å². The SMILES string of the molecule is Cc1ccc(-c2nc(N)c(-c3cnn(CCC(N)=O)c3)cc2-c2ccc3ncnc(C)c3c2)cc1. The molecular formula is C27H25N7O. The average Bonchev–Trinajstić information content (AvgIpc) is 3.32. The van der Waals surface area contributed by atoms with Gasteiger partial charge in [0.1, 0.15) is 12.1 Å². The minimum absolute atomic E-state index is 0.213. The number of hydrogen-bond acceptors (Lipinski definition) is 6. The van der Waals surface area contributed by atoms with Gasteiger partial charge in [0, 0.05) is 52.5 Å². The van der Waals surface area contributed by atoms with E-state index in [1.165, 1.54) is 5.56 Å². The molecule has 8 heteroatoms. The number of carbonyl (C=O) groups excluding carboxylic acids is 1. The van der Waals surface area contributed by atoms with Gasteiger partial charge in [0.05, 0.1) is 17.4 Å². The number of aryl methyl sites for hydroxylation is 3. The van der Waals surface area contributed by atoms with Crippen molar-refractivity contribution in [1.29, 1.82) is 0 Å². The molecule has 5 rings (SSSR count). The van der Waals surface area contributed by atoms with Gasteiger partial charge in [-0.25, -0.2) is 15.0 Å². The molecule has 0 aliphatic heterocycles. The lowest BCUT2D eigenvalue weighted by Crippen LogP contribution is -2.14. The van der Waals surface area contributed by atoms with Gasteiger partial charge in [-0.1, -0.05) is 35.9 Å². The monoisotopic (exact) mass is 463 g/mol. The maximum Gasteiger partial charge on any atom is 0.219 e. The van der Waals surface area contributed by atoms with Crippen molar-refractivity contribution in [3.63, 3.8) is 0 Å². The second kappa shape index (κ2) is 8.98. The summed E-state index contributed by atoms with van der Waals surface area (Å²) in [5.41, 5.74) is 20.0. The van der Waals surface area contributed by atoms with E-state index >= 15 is 0 Å². The minimum atomic E-state index is -0.372. The van der Waals surface area contributed by atoms with Gasteiger partial charge in [0.2, 0.25) is 5.91 Å². The molecule has 3 heterocycles. The van der Waals surface area contributed by atoms with E-state index < -0.39 is 0 Å². The lowest BCUT2D eigenvalue weighted by molar-refractivity contribution is -0.118. The highest BCUT2D eigenvalue weighted by Gasteiger charge is 2.17. The molecule has 0 fully saturated rings. The lowest BCUT2D eigenvalue weighted by atomic mass is 9.94. The van der Waals surface area contributed by atoms with Crippen LogP contribution in [0.5, 0.6) is 0 Å². The fourth-order valence-corrected chi connectivity index (χ4v) is 4.11. The van der Waals surface area contributed by atoms with Crippen LogP contribution in [-0.2, 0) is 11.3 Å². The Balaban J connectivity index is 1.68. The average molecular weight is 464 g/mol. The van der Waals surface area contributed by atoms with Crippen molar-refractivity contribution in [3.05, 3.63) is 78.5 Å². The first kappa shape index (κ1) is 22.2. The summed E-state index contributed by atoms with van der Waals surface area (Å²) in [6.07, 6.45) is 5.37. The molecule has 5 aromatic rings. The fourth-order valence-electron chi connectivity index (χ4n) is 4.11. The molecule has 0 aliphatic carbocycles. The van der Waals surface area contributed by atoms with Gasteiger partial charge < -0.3 is 11.5 Å². The molecule has 0 aliphatic rings. The maximum atomic E-state index is 11.2. The Morgan fingerprint density at radius 3 is 2.49 bits per heavy atom. The van der Waals surface area contributed by atoms with Gasteiger partial charge in [-0.05, 0) is 37.6 Å². The molecule has 0 atom stereocenters. The topological polar surface area (TPSA) is 126 Å². The first-order valence-corrected chi connectivity index (χ1v) is 11.3. The van der Waals surface area contributed by atoms with Crippen LogP contribution in [0.1, 0.15) is 17.7 Å². The normalized spacial score (nSPS) is 11.1. The minimum Gasteiger partial charge on any atom is -0.383 e. The van der Waals surface area contributed by atoms with E-state index in [2.05, 4.69) is 52.3 Å². The molecule has 0 saturated heterocycles. The van der Waals surface area contributed by atoms with Crippen LogP contribution < -0.4 is 11.5 Å². The van der Waals surface area contributed by atoms with E-state index in [1.54, 1.807) is 17.2 Å². The molecule has 0 radical (unpaired) electrons. The molecular weight excluding hydrogens is 438 g/mol. The van der Waals surface area contributed by atoms with Crippen LogP contribution in [-0.4, -0.2) is 30.6 Å². The lowest BCUT2D eigenvalue weighted by Gasteiger charge is -2.14. The standard InChI is InChI=1S/C27H25N7O/c1-16-3-5-18(6-4-16)26-22(19-7-8-24-21(11-19)17(2)30-15-31-24)12-23(27(29)33-26)20-13-32-34(14-20)10-9-25(28)35/h3-8,11-15H,9-10H2,1-2H3,(H2,28,35)(H2,29,33). The smallest absolute Gasteiger partial charge is 0.219 e. The van der Waals surface area contributed by atoms with Crippen molar-refractivity contribution in [2.45, 2.75) is 26.8 Å². The van der Waals surface area contributed by atoms with Crippen molar-refractivity contribution < 1.29 is 4.79 Å². The molecule has 35 heavy (non-hydrogen) atoms. The zero-order chi connectivity index (χ0) is 24.5. The zero-order valence-electron chi connectivity index (χ0n) is 19.6. The van der Waals surface area contributed by atoms with E-state index in [4.69, 9.17) is 16.5 Å². The van der Waals surface area contributed by atoms with E-state index in [9.17, 15) is 4.79 Å². The summed E-state index contributed by atoms with van der Waals surface area (Å²) >= 11 is 0. The zero-order valence-corrected chi connectivity index (χ0v) is 19.6. The Morgan fingerprint density at radius 2 is 1.71 bits per heavy atom. The van der Waals surface area contributed by atoms with Crippen molar-refractivity contribution in [3.8, 4) is 33.5 Å². The first-order chi connectivity index (χ1) is 16.9. The third-order valence-corrected chi connectivity index (χ3v) is 6.05. The first-order valence-electron chi connectivity index (χ1n) is 11.3. The van der Waals surface area contributed by atoms with Gasteiger partial charge in [0.25, 0.3) is 0 Å². The molecule has 8 nitrogen and oxygen atoms in total. The highest BCUT2D eigenvalue weighted by atomic mass is 16.1. The number of amides is 1. The number of fused-ring (bicyclic) bond motifs is 1. The number of nitrogens with two attached hydrogens (primary N) is 2. The molecule has 2 aromatic carbocycles. The van der Waals surface area contributed by atoms with Crippen LogP contribution >= 0.6 is 0 Å². The third kappa shape index (κ3) is 4.46. The van der Waals surface area contributed by atoms with Gasteiger partial charge in [-0.3, -0.25) is 9.48 Å². The summed E-state index contributed by atoms with van der Waals surface area (Å²) in [6.45, 7) is 4.43. The summed E-state index contributed by atoms with van der Waals surface area (Å²) in [5, 5.41) is 5.34. The van der Waals surface area contributed by atoms with Crippen LogP contribution in [0.15, 0.2) is 67.3 Å². The molecule has 0 saturated carbocycles. The van der Waals surface area contributed by atoms with Crippen LogP contribution in [0, 0.1) is 13.8 Å². The second-order valence-corrected chi connectivity index (χ2v) is 8.58. The van der Waals surface area contributed by atoms with Gasteiger partial charge in [-0.15, -0.1) is 0 Å². The number of primary amides is 1. The van der Waals surface area contributed by atoms with Gasteiger partial charge in [-0.2, -0.15) is 5.10 Å². The van der Waals surface area contributed by atoms with E-state index in [-0.39, 0.29) is 12.3 Å². The molecule has 0 spiro atoms. The number of benzene rings is 2. The number of nitrogen functional groups attached to an aromatic ring is 1. The number of pyridine rings is 1. The van der Waals surface area contributed by atoms with E-state index in [1.807, 2.05) is 31.3 Å². The second-order valence-electron chi connectivity index (χ2n) is 8.58.